The molecular weight excluding hydrogens is 278 g/mol. The Morgan fingerprint density at radius 3 is 2.86 bits per heavy atom. The third-order valence-electron chi connectivity index (χ3n) is 4.09. The first-order chi connectivity index (χ1) is 10.3. The van der Waals surface area contributed by atoms with E-state index in [-0.39, 0.29) is 0 Å². The van der Waals surface area contributed by atoms with Crippen molar-refractivity contribution in [1.82, 2.24) is 9.97 Å². The molecule has 1 fully saturated rings. The summed E-state index contributed by atoms with van der Waals surface area (Å²) in [6, 6.07) is 10.4. The molecule has 1 atom stereocenters. The number of nitrogens with zero attached hydrogens (tertiary/aromatic N) is 3. The number of rotatable bonds is 2. The molecule has 3 nitrogen and oxygen atoms in total. The molecule has 4 heteroatoms. The lowest BCUT2D eigenvalue weighted by Crippen LogP contribution is -2.21. The third-order valence-corrected chi connectivity index (χ3v) is 4.77. The second-order valence-corrected chi connectivity index (χ2v) is 6.52. The Bertz CT molecular complexity index is 767. The molecule has 0 amide bonds. The van der Waals surface area contributed by atoms with E-state index < -0.39 is 0 Å². The molecule has 1 aliphatic heterocycles. The van der Waals surface area contributed by atoms with E-state index in [2.05, 4.69) is 46.8 Å². The fraction of sp³-hybridized carbons (Fsp3) is 0.294. The minimum atomic E-state index is 0.739. The largest absolute Gasteiger partial charge is 0.356 e. The summed E-state index contributed by atoms with van der Waals surface area (Å²) in [4.78, 5) is 12.0. The minimum Gasteiger partial charge on any atom is -0.356 e. The fourth-order valence-electron chi connectivity index (χ4n) is 2.95. The molecule has 1 unspecified atom stereocenters. The normalized spacial score (nSPS) is 18.5. The van der Waals surface area contributed by atoms with Crippen LogP contribution >= 0.6 is 11.3 Å². The molecule has 1 aromatic carbocycles. The van der Waals surface area contributed by atoms with E-state index in [1.807, 2.05) is 6.07 Å². The third kappa shape index (κ3) is 2.29. The van der Waals surface area contributed by atoms with E-state index in [1.165, 1.54) is 6.42 Å². The summed E-state index contributed by atoms with van der Waals surface area (Å²) in [5.74, 6) is 2.67. The Kier molecular flexibility index (Phi) is 3.11. The molecule has 0 radical (unpaired) electrons. The number of fused-ring (bicyclic) bond motifs is 1. The van der Waals surface area contributed by atoms with Crippen LogP contribution in [0, 0.1) is 5.92 Å². The summed E-state index contributed by atoms with van der Waals surface area (Å²) in [6.07, 6.45) is 1.24. The van der Waals surface area contributed by atoms with Crippen LogP contribution in [0.25, 0.3) is 22.3 Å². The lowest BCUT2D eigenvalue weighted by atomic mass is 10.2. The molecule has 3 aromatic rings. The van der Waals surface area contributed by atoms with Crippen molar-refractivity contribution in [2.75, 3.05) is 18.0 Å². The zero-order chi connectivity index (χ0) is 14.2. The van der Waals surface area contributed by atoms with E-state index >= 15 is 0 Å². The molecule has 4 rings (SSSR count). The van der Waals surface area contributed by atoms with Gasteiger partial charge in [0.05, 0.1) is 5.52 Å². The van der Waals surface area contributed by atoms with Crippen LogP contribution in [0.3, 0.4) is 0 Å². The van der Waals surface area contributed by atoms with Crippen LogP contribution in [0.15, 0.2) is 41.1 Å². The van der Waals surface area contributed by atoms with Gasteiger partial charge in [-0.15, -0.1) is 0 Å². The Balaban J connectivity index is 1.90. The van der Waals surface area contributed by atoms with E-state index in [0.29, 0.717) is 0 Å². The lowest BCUT2D eigenvalue weighted by molar-refractivity contribution is 0.659. The minimum absolute atomic E-state index is 0.739. The predicted octanol–water partition coefficient (Wildman–Crippen LogP) is 4.20. The molecule has 0 N–H and O–H groups in total. The molecule has 1 aliphatic rings. The van der Waals surface area contributed by atoms with Gasteiger partial charge in [0.2, 0.25) is 0 Å². The molecule has 0 bridgehead atoms. The SMILES string of the molecule is CC1CCN(c2nc(-c3ccsc3)nc3ccccc23)C1. The van der Waals surface area contributed by atoms with Gasteiger partial charge in [-0.25, -0.2) is 9.97 Å². The van der Waals surface area contributed by atoms with Gasteiger partial charge in [0.25, 0.3) is 0 Å². The fourth-order valence-corrected chi connectivity index (χ4v) is 3.58. The van der Waals surface area contributed by atoms with Gasteiger partial charge in [0.1, 0.15) is 5.82 Å². The second kappa shape index (κ2) is 5.11. The van der Waals surface area contributed by atoms with Gasteiger partial charge in [-0.05, 0) is 35.9 Å². The van der Waals surface area contributed by atoms with Gasteiger partial charge in [0, 0.05) is 29.4 Å². The van der Waals surface area contributed by atoms with Crippen molar-refractivity contribution in [2.24, 2.45) is 5.92 Å². The number of thiophene rings is 1. The Morgan fingerprint density at radius 1 is 1.19 bits per heavy atom. The van der Waals surface area contributed by atoms with Crippen LogP contribution in [-0.4, -0.2) is 23.1 Å². The van der Waals surface area contributed by atoms with Crippen molar-refractivity contribution in [1.29, 1.82) is 0 Å². The quantitative estimate of drug-likeness (QED) is 0.709. The van der Waals surface area contributed by atoms with E-state index in [9.17, 15) is 0 Å². The van der Waals surface area contributed by atoms with Gasteiger partial charge in [-0.2, -0.15) is 11.3 Å². The Morgan fingerprint density at radius 2 is 2.10 bits per heavy atom. The van der Waals surface area contributed by atoms with Gasteiger partial charge < -0.3 is 4.90 Å². The smallest absolute Gasteiger partial charge is 0.162 e. The number of anilines is 1. The van der Waals surface area contributed by atoms with Crippen LogP contribution in [0.4, 0.5) is 5.82 Å². The number of aromatic nitrogens is 2. The van der Waals surface area contributed by atoms with Gasteiger partial charge in [0.15, 0.2) is 5.82 Å². The average Bonchev–Trinajstić information content (AvgIpc) is 3.17. The monoisotopic (exact) mass is 295 g/mol. The topological polar surface area (TPSA) is 29.0 Å². The number of hydrogen-bond acceptors (Lipinski definition) is 4. The zero-order valence-corrected chi connectivity index (χ0v) is 12.8. The zero-order valence-electron chi connectivity index (χ0n) is 12.0. The molecule has 0 spiro atoms. The van der Waals surface area contributed by atoms with Crippen LogP contribution in [0.1, 0.15) is 13.3 Å². The highest BCUT2D eigenvalue weighted by atomic mass is 32.1. The second-order valence-electron chi connectivity index (χ2n) is 5.74. The Hall–Kier alpha value is -1.94. The first-order valence-corrected chi connectivity index (χ1v) is 8.30. The predicted molar refractivity (Wildman–Crippen MR) is 88.8 cm³/mol. The maximum atomic E-state index is 4.88. The maximum Gasteiger partial charge on any atom is 0.162 e. The van der Waals surface area contributed by atoms with Crippen molar-refractivity contribution in [3.63, 3.8) is 0 Å². The van der Waals surface area contributed by atoms with Crippen LogP contribution in [0.2, 0.25) is 0 Å². The number of benzene rings is 1. The summed E-state index contributed by atoms with van der Waals surface area (Å²) in [7, 11) is 0. The highest BCUT2D eigenvalue weighted by molar-refractivity contribution is 7.08. The Labute approximate surface area is 128 Å². The van der Waals surface area contributed by atoms with Crippen molar-refractivity contribution in [3.05, 3.63) is 41.1 Å². The van der Waals surface area contributed by atoms with Crippen LogP contribution in [-0.2, 0) is 0 Å². The first-order valence-electron chi connectivity index (χ1n) is 7.35. The van der Waals surface area contributed by atoms with E-state index in [0.717, 1.165) is 47.1 Å². The number of hydrogen-bond donors (Lipinski definition) is 0. The van der Waals surface area contributed by atoms with Crippen molar-refractivity contribution in [2.45, 2.75) is 13.3 Å². The lowest BCUT2D eigenvalue weighted by Gasteiger charge is -2.19. The first kappa shape index (κ1) is 12.8. The summed E-state index contributed by atoms with van der Waals surface area (Å²) in [6.45, 7) is 4.48. The molecule has 21 heavy (non-hydrogen) atoms. The number of para-hydroxylation sites is 1. The van der Waals surface area contributed by atoms with Crippen LogP contribution < -0.4 is 4.90 Å². The van der Waals surface area contributed by atoms with Gasteiger partial charge >= 0.3 is 0 Å². The molecule has 0 saturated carbocycles. The molecule has 0 aliphatic carbocycles. The highest BCUT2D eigenvalue weighted by Crippen LogP contribution is 2.31. The van der Waals surface area contributed by atoms with E-state index in [1.54, 1.807) is 11.3 Å². The molecule has 106 valence electrons. The summed E-state index contributed by atoms with van der Waals surface area (Å²) in [5, 5.41) is 5.34. The van der Waals surface area contributed by atoms with Crippen molar-refractivity contribution >= 4 is 28.1 Å². The van der Waals surface area contributed by atoms with Crippen molar-refractivity contribution < 1.29 is 0 Å². The summed E-state index contributed by atoms with van der Waals surface area (Å²) < 4.78 is 0. The van der Waals surface area contributed by atoms with Gasteiger partial charge in [-0.1, -0.05) is 19.1 Å². The molecule has 1 saturated heterocycles. The van der Waals surface area contributed by atoms with Crippen molar-refractivity contribution in [3.8, 4) is 11.4 Å². The molecular formula is C17H17N3S. The standard InChI is InChI=1S/C17H17N3S/c1-12-6-8-20(10-12)17-14-4-2-3-5-15(14)18-16(19-17)13-7-9-21-11-13/h2-5,7,9,11-12H,6,8,10H2,1H3. The average molecular weight is 295 g/mol. The highest BCUT2D eigenvalue weighted by Gasteiger charge is 2.22. The summed E-state index contributed by atoms with van der Waals surface area (Å²) in [5.41, 5.74) is 2.14. The molecule has 3 heterocycles. The summed E-state index contributed by atoms with van der Waals surface area (Å²) >= 11 is 1.68. The molecule has 2 aromatic heterocycles. The van der Waals surface area contributed by atoms with Crippen LogP contribution in [0.5, 0.6) is 0 Å². The van der Waals surface area contributed by atoms with Gasteiger partial charge in [-0.3, -0.25) is 0 Å². The maximum absolute atomic E-state index is 4.88. The van der Waals surface area contributed by atoms with E-state index in [4.69, 9.17) is 9.97 Å².